The number of hydrogen-bond donors (Lipinski definition) is 1. The van der Waals surface area contributed by atoms with E-state index in [1.54, 1.807) is 0 Å². The highest BCUT2D eigenvalue weighted by molar-refractivity contribution is 7.89. The lowest BCUT2D eigenvalue weighted by atomic mass is 10.4. The molecule has 0 bridgehead atoms. The molecule has 18 heavy (non-hydrogen) atoms. The fraction of sp³-hybridized carbons (Fsp3) is 0.182. The summed E-state index contributed by atoms with van der Waals surface area (Å²) in [6, 6.07) is 4.40. The Morgan fingerprint density at radius 1 is 1.50 bits per heavy atom. The quantitative estimate of drug-likeness (QED) is 0.787. The van der Waals surface area contributed by atoms with Gasteiger partial charge in [-0.2, -0.15) is 4.31 Å². The number of carboxylic acid groups (broad SMARTS) is 1. The summed E-state index contributed by atoms with van der Waals surface area (Å²) in [6.45, 7) is 2.49. The van der Waals surface area contributed by atoms with Gasteiger partial charge in [-0.1, -0.05) is 12.1 Å². The van der Waals surface area contributed by atoms with Gasteiger partial charge in [0.1, 0.15) is 12.4 Å². The van der Waals surface area contributed by atoms with Crippen LogP contribution in [0.1, 0.15) is 0 Å². The largest absolute Gasteiger partial charge is 0.480 e. The molecule has 7 heteroatoms. The van der Waals surface area contributed by atoms with Gasteiger partial charge in [-0.05, 0) is 18.2 Å². The molecule has 0 unspecified atom stereocenters. The molecule has 0 fully saturated rings. The van der Waals surface area contributed by atoms with E-state index in [-0.39, 0.29) is 11.4 Å². The molecular formula is C11H12FNO4S. The molecule has 0 amide bonds. The van der Waals surface area contributed by atoms with Crippen LogP contribution in [0.25, 0.3) is 0 Å². The van der Waals surface area contributed by atoms with Gasteiger partial charge in [0.15, 0.2) is 0 Å². The van der Waals surface area contributed by atoms with E-state index >= 15 is 0 Å². The number of halogens is 1. The van der Waals surface area contributed by atoms with Gasteiger partial charge >= 0.3 is 5.97 Å². The summed E-state index contributed by atoms with van der Waals surface area (Å²) in [4.78, 5) is 10.3. The lowest BCUT2D eigenvalue weighted by Gasteiger charge is -2.18. The Kier molecular flexibility index (Phi) is 4.57. The van der Waals surface area contributed by atoms with E-state index in [2.05, 4.69) is 6.58 Å². The van der Waals surface area contributed by atoms with E-state index in [9.17, 15) is 17.6 Å². The lowest BCUT2D eigenvalue weighted by molar-refractivity contribution is -0.137. The van der Waals surface area contributed by atoms with Crippen LogP contribution >= 0.6 is 0 Å². The Hall–Kier alpha value is -1.73. The fourth-order valence-electron chi connectivity index (χ4n) is 1.32. The van der Waals surface area contributed by atoms with Gasteiger partial charge < -0.3 is 5.11 Å². The number of benzene rings is 1. The molecule has 0 heterocycles. The Morgan fingerprint density at radius 3 is 2.67 bits per heavy atom. The Morgan fingerprint density at radius 2 is 2.17 bits per heavy atom. The third kappa shape index (κ3) is 3.38. The second-order valence-corrected chi connectivity index (χ2v) is 5.38. The van der Waals surface area contributed by atoms with Crippen molar-refractivity contribution in [3.63, 3.8) is 0 Å². The number of sulfonamides is 1. The number of aliphatic carboxylic acids is 1. The van der Waals surface area contributed by atoms with Crippen molar-refractivity contribution in [2.75, 3.05) is 13.1 Å². The van der Waals surface area contributed by atoms with Gasteiger partial charge in [-0.25, -0.2) is 12.8 Å². The monoisotopic (exact) mass is 273 g/mol. The first-order valence-corrected chi connectivity index (χ1v) is 6.40. The number of carbonyl (C=O) groups is 1. The van der Waals surface area contributed by atoms with Crippen LogP contribution in [-0.2, 0) is 14.8 Å². The first-order valence-electron chi connectivity index (χ1n) is 4.96. The highest BCUT2D eigenvalue weighted by atomic mass is 32.2. The molecule has 5 nitrogen and oxygen atoms in total. The van der Waals surface area contributed by atoms with Gasteiger partial charge in [0, 0.05) is 6.54 Å². The summed E-state index contributed by atoms with van der Waals surface area (Å²) in [6.07, 6.45) is 1.26. The first kappa shape index (κ1) is 14.3. The molecule has 98 valence electrons. The summed E-state index contributed by atoms with van der Waals surface area (Å²) in [7, 11) is -4.04. The van der Waals surface area contributed by atoms with Crippen LogP contribution in [-0.4, -0.2) is 36.9 Å². The fourth-order valence-corrected chi connectivity index (χ4v) is 2.71. The second-order valence-electron chi connectivity index (χ2n) is 3.44. The predicted molar refractivity (Wildman–Crippen MR) is 63.0 cm³/mol. The maximum Gasteiger partial charge on any atom is 0.318 e. The standard InChI is InChI=1S/C11H12FNO4S/c1-2-6-13(8-11(14)15)18(16,17)10-5-3-4-9(12)7-10/h2-5,7H,1,6,8H2,(H,14,15). The zero-order chi connectivity index (χ0) is 13.8. The molecule has 0 saturated heterocycles. The zero-order valence-corrected chi connectivity index (χ0v) is 10.2. The molecule has 0 radical (unpaired) electrons. The molecule has 1 rings (SSSR count). The van der Waals surface area contributed by atoms with Crippen molar-refractivity contribution in [3.05, 3.63) is 42.7 Å². The summed E-state index contributed by atoms with van der Waals surface area (Å²) >= 11 is 0. The van der Waals surface area contributed by atoms with Crippen LogP contribution in [0.4, 0.5) is 4.39 Å². The number of nitrogens with zero attached hydrogens (tertiary/aromatic N) is 1. The minimum Gasteiger partial charge on any atom is -0.480 e. The Bertz CT molecular complexity index is 556. The Balaban J connectivity index is 3.16. The second kappa shape index (κ2) is 5.74. The van der Waals surface area contributed by atoms with Crippen LogP contribution in [0, 0.1) is 5.82 Å². The number of hydrogen-bond acceptors (Lipinski definition) is 3. The highest BCUT2D eigenvalue weighted by Crippen LogP contribution is 2.16. The summed E-state index contributed by atoms with van der Waals surface area (Å²) in [5.74, 6) is -2.00. The predicted octanol–water partition coefficient (Wildman–Crippen LogP) is 1.09. The van der Waals surface area contributed by atoms with E-state index in [0.717, 1.165) is 12.1 Å². The first-order chi connectivity index (χ1) is 8.37. The molecule has 0 aromatic heterocycles. The summed E-state index contributed by atoms with van der Waals surface area (Å²) in [5.41, 5.74) is 0. The van der Waals surface area contributed by atoms with E-state index < -0.39 is 28.4 Å². The topological polar surface area (TPSA) is 74.7 Å². The van der Waals surface area contributed by atoms with Crippen LogP contribution < -0.4 is 0 Å². The van der Waals surface area contributed by atoms with Crippen molar-refractivity contribution in [2.24, 2.45) is 0 Å². The molecule has 1 aromatic carbocycles. The van der Waals surface area contributed by atoms with Gasteiger partial charge in [0.25, 0.3) is 0 Å². The van der Waals surface area contributed by atoms with Crippen LogP contribution in [0.5, 0.6) is 0 Å². The molecule has 0 atom stereocenters. The van der Waals surface area contributed by atoms with Crippen molar-refractivity contribution in [2.45, 2.75) is 4.90 Å². The van der Waals surface area contributed by atoms with Crippen molar-refractivity contribution in [3.8, 4) is 0 Å². The third-order valence-electron chi connectivity index (χ3n) is 2.08. The van der Waals surface area contributed by atoms with Crippen molar-refractivity contribution in [1.82, 2.24) is 4.31 Å². The molecule has 0 saturated carbocycles. The van der Waals surface area contributed by atoms with Crippen molar-refractivity contribution >= 4 is 16.0 Å². The van der Waals surface area contributed by atoms with Crippen molar-refractivity contribution in [1.29, 1.82) is 0 Å². The van der Waals surface area contributed by atoms with Gasteiger partial charge in [-0.3, -0.25) is 4.79 Å². The highest BCUT2D eigenvalue weighted by Gasteiger charge is 2.25. The van der Waals surface area contributed by atoms with E-state index in [4.69, 9.17) is 5.11 Å². The van der Waals surface area contributed by atoms with Gasteiger partial charge in [0.2, 0.25) is 10.0 Å². The maximum atomic E-state index is 13.0. The molecule has 0 spiro atoms. The van der Waals surface area contributed by atoms with Crippen molar-refractivity contribution < 1.29 is 22.7 Å². The average Bonchev–Trinajstić information content (AvgIpc) is 2.28. The van der Waals surface area contributed by atoms with Crippen LogP contribution in [0.3, 0.4) is 0 Å². The smallest absolute Gasteiger partial charge is 0.318 e. The molecular weight excluding hydrogens is 261 g/mol. The van der Waals surface area contributed by atoms with Crippen LogP contribution in [0.2, 0.25) is 0 Å². The zero-order valence-electron chi connectivity index (χ0n) is 9.41. The van der Waals surface area contributed by atoms with Gasteiger partial charge in [0.05, 0.1) is 4.90 Å². The normalized spacial score (nSPS) is 11.4. The molecule has 1 aromatic rings. The maximum absolute atomic E-state index is 13.0. The number of rotatable bonds is 6. The minimum atomic E-state index is -4.04. The van der Waals surface area contributed by atoms with Crippen LogP contribution in [0.15, 0.2) is 41.8 Å². The SMILES string of the molecule is C=CCN(CC(=O)O)S(=O)(=O)c1cccc(F)c1. The van der Waals surface area contributed by atoms with E-state index in [1.807, 2.05) is 0 Å². The minimum absolute atomic E-state index is 0.162. The van der Waals surface area contributed by atoms with E-state index in [0.29, 0.717) is 4.31 Å². The summed E-state index contributed by atoms with van der Waals surface area (Å²) < 4.78 is 37.8. The molecule has 0 aliphatic rings. The number of carboxylic acids is 1. The van der Waals surface area contributed by atoms with Gasteiger partial charge in [-0.15, -0.1) is 6.58 Å². The molecule has 0 aliphatic heterocycles. The Labute approximate surface area is 104 Å². The third-order valence-corrected chi connectivity index (χ3v) is 3.89. The molecule has 1 N–H and O–H groups in total. The summed E-state index contributed by atoms with van der Waals surface area (Å²) in [5, 5.41) is 8.66. The lowest BCUT2D eigenvalue weighted by Crippen LogP contribution is -2.35. The molecule has 0 aliphatic carbocycles. The average molecular weight is 273 g/mol. The van der Waals surface area contributed by atoms with E-state index in [1.165, 1.54) is 18.2 Å².